The van der Waals surface area contributed by atoms with E-state index >= 15 is 0 Å². The van der Waals surface area contributed by atoms with Crippen molar-refractivity contribution in [3.63, 3.8) is 0 Å². The maximum absolute atomic E-state index is 11.8. The SMILES string of the molecule is CCCC[C@H](N)C(=O)N(C)CC(C)C(=O)OC. The first-order chi connectivity index (χ1) is 7.93. The van der Waals surface area contributed by atoms with Crippen molar-refractivity contribution in [2.75, 3.05) is 20.7 Å². The Morgan fingerprint density at radius 1 is 1.41 bits per heavy atom. The molecule has 0 saturated heterocycles. The molecule has 0 aliphatic carbocycles. The zero-order valence-electron chi connectivity index (χ0n) is 11.2. The molecule has 2 N–H and O–H groups in total. The van der Waals surface area contributed by atoms with E-state index in [2.05, 4.69) is 11.7 Å². The van der Waals surface area contributed by atoms with E-state index in [1.54, 1.807) is 14.0 Å². The molecule has 1 amide bonds. The molecule has 0 bridgehead atoms. The Labute approximate surface area is 103 Å². The van der Waals surface area contributed by atoms with Crippen LogP contribution in [0.1, 0.15) is 33.1 Å². The van der Waals surface area contributed by atoms with Crippen LogP contribution in [0, 0.1) is 5.92 Å². The van der Waals surface area contributed by atoms with Gasteiger partial charge in [-0.15, -0.1) is 0 Å². The maximum Gasteiger partial charge on any atom is 0.310 e. The van der Waals surface area contributed by atoms with Crippen LogP contribution in [0.4, 0.5) is 0 Å². The van der Waals surface area contributed by atoms with E-state index in [4.69, 9.17) is 5.73 Å². The molecule has 0 heterocycles. The summed E-state index contributed by atoms with van der Waals surface area (Å²) in [5, 5.41) is 0. The molecule has 2 atom stereocenters. The van der Waals surface area contributed by atoms with Crippen molar-refractivity contribution >= 4 is 11.9 Å². The summed E-state index contributed by atoms with van der Waals surface area (Å²) in [4.78, 5) is 24.6. The van der Waals surface area contributed by atoms with Gasteiger partial charge in [0, 0.05) is 13.6 Å². The van der Waals surface area contributed by atoms with Gasteiger partial charge in [-0.3, -0.25) is 9.59 Å². The molecule has 0 rings (SSSR count). The van der Waals surface area contributed by atoms with Gasteiger partial charge in [-0.05, 0) is 6.42 Å². The topological polar surface area (TPSA) is 72.6 Å². The summed E-state index contributed by atoms with van der Waals surface area (Å²) in [7, 11) is 3.00. The number of carbonyl (C=O) groups excluding carboxylic acids is 2. The van der Waals surface area contributed by atoms with Crippen LogP contribution in [0.25, 0.3) is 0 Å². The number of hydrogen-bond donors (Lipinski definition) is 1. The van der Waals surface area contributed by atoms with Crippen molar-refractivity contribution in [2.45, 2.75) is 39.2 Å². The van der Waals surface area contributed by atoms with Crippen molar-refractivity contribution < 1.29 is 14.3 Å². The number of methoxy groups -OCH3 is 1. The van der Waals surface area contributed by atoms with Crippen molar-refractivity contribution in [1.29, 1.82) is 0 Å². The first kappa shape index (κ1) is 15.9. The van der Waals surface area contributed by atoms with E-state index in [-0.39, 0.29) is 17.8 Å². The number of carbonyl (C=O) groups is 2. The van der Waals surface area contributed by atoms with Crippen LogP contribution in [0.2, 0.25) is 0 Å². The highest BCUT2D eigenvalue weighted by atomic mass is 16.5. The van der Waals surface area contributed by atoms with Crippen molar-refractivity contribution in [3.8, 4) is 0 Å². The number of hydrogen-bond acceptors (Lipinski definition) is 4. The van der Waals surface area contributed by atoms with Crippen LogP contribution in [-0.2, 0) is 14.3 Å². The fourth-order valence-corrected chi connectivity index (χ4v) is 1.61. The van der Waals surface area contributed by atoms with Gasteiger partial charge in [0.05, 0.1) is 19.1 Å². The third kappa shape index (κ3) is 5.68. The molecule has 5 nitrogen and oxygen atoms in total. The van der Waals surface area contributed by atoms with E-state index in [0.29, 0.717) is 13.0 Å². The minimum atomic E-state index is -0.468. The molecule has 0 spiro atoms. The van der Waals surface area contributed by atoms with E-state index in [1.807, 2.05) is 0 Å². The largest absolute Gasteiger partial charge is 0.469 e. The molecule has 0 aromatic rings. The minimum absolute atomic E-state index is 0.116. The summed E-state index contributed by atoms with van der Waals surface area (Å²) >= 11 is 0. The quantitative estimate of drug-likeness (QED) is 0.671. The number of likely N-dealkylation sites (N-methyl/N-ethyl adjacent to an activating group) is 1. The van der Waals surface area contributed by atoms with Gasteiger partial charge in [0.25, 0.3) is 0 Å². The number of amides is 1. The fraction of sp³-hybridized carbons (Fsp3) is 0.833. The third-order valence-corrected chi connectivity index (χ3v) is 2.71. The predicted molar refractivity (Wildman–Crippen MR) is 66.3 cm³/mol. The highest BCUT2D eigenvalue weighted by Crippen LogP contribution is 2.05. The van der Waals surface area contributed by atoms with Gasteiger partial charge in [-0.25, -0.2) is 0 Å². The minimum Gasteiger partial charge on any atom is -0.469 e. The summed E-state index contributed by atoms with van der Waals surface area (Å²) in [5.74, 6) is -0.756. The fourth-order valence-electron chi connectivity index (χ4n) is 1.61. The molecule has 1 unspecified atom stereocenters. The Bertz CT molecular complexity index is 256. The third-order valence-electron chi connectivity index (χ3n) is 2.71. The first-order valence-electron chi connectivity index (χ1n) is 6.02. The summed E-state index contributed by atoms with van der Waals surface area (Å²) in [5.41, 5.74) is 5.78. The first-order valence-corrected chi connectivity index (χ1v) is 6.02. The van der Waals surface area contributed by atoms with Crippen LogP contribution in [0.5, 0.6) is 0 Å². The summed E-state index contributed by atoms with van der Waals surface area (Å²) in [6, 6.07) is -0.468. The highest BCUT2D eigenvalue weighted by Gasteiger charge is 2.22. The average Bonchev–Trinajstić information content (AvgIpc) is 2.33. The summed E-state index contributed by atoms with van der Waals surface area (Å²) in [6.45, 7) is 4.12. The van der Waals surface area contributed by atoms with Crippen molar-refractivity contribution in [1.82, 2.24) is 4.90 Å². The van der Waals surface area contributed by atoms with Gasteiger partial charge in [-0.1, -0.05) is 26.7 Å². The molecule has 0 fully saturated rings. The zero-order valence-corrected chi connectivity index (χ0v) is 11.2. The standard InChI is InChI=1S/C12H24N2O3/c1-5-6-7-10(13)11(15)14(3)8-9(2)12(16)17-4/h9-10H,5-8,13H2,1-4H3/t9?,10-/m0/s1. The van der Waals surface area contributed by atoms with Crippen LogP contribution < -0.4 is 5.73 Å². The van der Waals surface area contributed by atoms with Gasteiger partial charge in [-0.2, -0.15) is 0 Å². The second kappa shape index (κ2) is 8.06. The lowest BCUT2D eigenvalue weighted by Gasteiger charge is -2.23. The predicted octanol–water partition coefficient (Wildman–Crippen LogP) is 0.771. The molecule has 0 aromatic carbocycles. The van der Waals surface area contributed by atoms with Crippen LogP contribution in [-0.4, -0.2) is 43.5 Å². The Morgan fingerprint density at radius 3 is 2.47 bits per heavy atom. The van der Waals surface area contributed by atoms with Crippen LogP contribution >= 0.6 is 0 Å². The normalized spacial score (nSPS) is 13.9. The van der Waals surface area contributed by atoms with Gasteiger partial charge >= 0.3 is 5.97 Å². The smallest absolute Gasteiger partial charge is 0.310 e. The van der Waals surface area contributed by atoms with Crippen LogP contribution in [0.15, 0.2) is 0 Å². The number of ether oxygens (including phenoxy) is 1. The molecular weight excluding hydrogens is 220 g/mol. The van der Waals surface area contributed by atoms with E-state index < -0.39 is 6.04 Å². The number of nitrogens with zero attached hydrogens (tertiary/aromatic N) is 1. The Kier molecular flexibility index (Phi) is 7.54. The summed E-state index contributed by atoms with van der Waals surface area (Å²) < 4.78 is 4.61. The van der Waals surface area contributed by atoms with Gasteiger partial charge < -0.3 is 15.4 Å². The lowest BCUT2D eigenvalue weighted by molar-refractivity contribution is -0.146. The van der Waals surface area contributed by atoms with Gasteiger partial charge in [0.1, 0.15) is 0 Å². The number of rotatable bonds is 7. The van der Waals surface area contributed by atoms with Gasteiger partial charge in [0.2, 0.25) is 5.91 Å². The molecule has 100 valence electrons. The maximum atomic E-state index is 11.8. The Balaban J connectivity index is 4.16. The summed E-state index contributed by atoms with van der Waals surface area (Å²) in [6.07, 6.45) is 2.64. The number of nitrogens with two attached hydrogens (primary N) is 1. The van der Waals surface area contributed by atoms with Crippen molar-refractivity contribution in [3.05, 3.63) is 0 Å². The Hall–Kier alpha value is -1.10. The van der Waals surface area contributed by atoms with E-state index in [9.17, 15) is 9.59 Å². The monoisotopic (exact) mass is 244 g/mol. The molecular formula is C12H24N2O3. The molecule has 0 aliphatic rings. The molecule has 0 radical (unpaired) electrons. The second-order valence-electron chi connectivity index (χ2n) is 4.39. The molecule has 5 heteroatoms. The number of esters is 1. The lowest BCUT2D eigenvalue weighted by atomic mass is 10.1. The van der Waals surface area contributed by atoms with Gasteiger partial charge in [0.15, 0.2) is 0 Å². The van der Waals surface area contributed by atoms with Crippen LogP contribution in [0.3, 0.4) is 0 Å². The molecule has 0 saturated carbocycles. The van der Waals surface area contributed by atoms with Crippen molar-refractivity contribution in [2.24, 2.45) is 11.7 Å². The van der Waals surface area contributed by atoms with E-state index in [0.717, 1.165) is 12.8 Å². The zero-order chi connectivity index (χ0) is 13.4. The molecule has 0 aromatic heterocycles. The molecule has 17 heavy (non-hydrogen) atoms. The van der Waals surface area contributed by atoms with E-state index in [1.165, 1.54) is 12.0 Å². The highest BCUT2D eigenvalue weighted by molar-refractivity contribution is 5.82. The molecule has 0 aliphatic heterocycles. The lowest BCUT2D eigenvalue weighted by Crippen LogP contribution is -2.44. The average molecular weight is 244 g/mol. The second-order valence-corrected chi connectivity index (χ2v) is 4.39. The number of unbranched alkanes of at least 4 members (excludes halogenated alkanes) is 1. The Morgan fingerprint density at radius 2 is 2.00 bits per heavy atom.